The molecule has 5 heteroatoms. The van der Waals surface area contributed by atoms with Crippen LogP contribution >= 0.6 is 23.5 Å². The molecule has 90 valence electrons. The molecule has 1 aliphatic rings. The molecule has 0 saturated carbocycles. The van der Waals surface area contributed by atoms with Crippen LogP contribution in [0.3, 0.4) is 0 Å². The molecule has 17 heavy (non-hydrogen) atoms. The lowest BCUT2D eigenvalue weighted by Crippen LogP contribution is -2.29. The number of aliphatic carboxylic acids is 1. The van der Waals surface area contributed by atoms with Crippen LogP contribution in [0.1, 0.15) is 13.8 Å². The highest BCUT2D eigenvalue weighted by atomic mass is 32.2. The minimum absolute atomic E-state index is 0.748. The van der Waals surface area contributed by atoms with Crippen molar-refractivity contribution in [2.45, 2.75) is 23.5 Å². The van der Waals surface area contributed by atoms with Gasteiger partial charge in [-0.25, -0.2) is 4.99 Å². The number of rotatable bonds is 2. The molecule has 0 aromatic heterocycles. The number of hydrogen-bond donors (Lipinski definition) is 1. The first kappa shape index (κ1) is 12.5. The van der Waals surface area contributed by atoms with E-state index < -0.39 is 10.7 Å². The van der Waals surface area contributed by atoms with Gasteiger partial charge in [-0.3, -0.25) is 4.79 Å². The van der Waals surface area contributed by atoms with Crippen LogP contribution in [-0.2, 0) is 4.79 Å². The third-order valence-electron chi connectivity index (χ3n) is 2.35. The third kappa shape index (κ3) is 2.84. The van der Waals surface area contributed by atoms with Crippen molar-refractivity contribution in [1.82, 2.24) is 0 Å². The third-order valence-corrected chi connectivity index (χ3v) is 4.76. The molecule has 1 heterocycles. The van der Waals surface area contributed by atoms with Gasteiger partial charge in [0.15, 0.2) is 0 Å². The van der Waals surface area contributed by atoms with E-state index in [1.165, 1.54) is 11.8 Å². The second kappa shape index (κ2) is 4.74. The number of nitrogens with zero attached hydrogens (tertiary/aromatic N) is 1. The Bertz CT molecular complexity index is 483. The maximum absolute atomic E-state index is 11.1. The summed E-state index contributed by atoms with van der Waals surface area (Å²) in [6.07, 6.45) is 0. The molecule has 0 radical (unpaired) electrons. The summed E-state index contributed by atoms with van der Waals surface area (Å²) in [5.74, 6) is -0.0627. The van der Waals surface area contributed by atoms with Gasteiger partial charge in [0.1, 0.15) is 4.75 Å². The topological polar surface area (TPSA) is 49.7 Å². The van der Waals surface area contributed by atoms with Gasteiger partial charge in [-0.15, -0.1) is 11.8 Å². The Morgan fingerprint density at radius 2 is 2.18 bits per heavy atom. The Labute approximate surface area is 109 Å². The standard InChI is InChI=1S/C12H13NO2S2/c1-12(2,11(14)15)17-10-7-16-9-6-4-3-5-8(9)13-10/h3-6H,7H2,1-2H3,(H,14,15). The predicted molar refractivity (Wildman–Crippen MR) is 73.6 cm³/mol. The Kier molecular flexibility index (Phi) is 3.49. The summed E-state index contributed by atoms with van der Waals surface area (Å²) in [4.78, 5) is 16.7. The molecule has 1 aromatic carbocycles. The zero-order valence-electron chi connectivity index (χ0n) is 9.64. The van der Waals surface area contributed by atoms with Crippen LogP contribution in [0.5, 0.6) is 0 Å². The van der Waals surface area contributed by atoms with Crippen molar-refractivity contribution in [3.05, 3.63) is 24.3 Å². The largest absolute Gasteiger partial charge is 0.480 e. The zero-order valence-corrected chi connectivity index (χ0v) is 11.3. The smallest absolute Gasteiger partial charge is 0.319 e. The van der Waals surface area contributed by atoms with Crippen LogP contribution in [0.2, 0.25) is 0 Å². The summed E-state index contributed by atoms with van der Waals surface area (Å²) in [5, 5.41) is 9.96. The quantitative estimate of drug-likeness (QED) is 0.892. The van der Waals surface area contributed by atoms with Crippen molar-refractivity contribution in [3.8, 4) is 0 Å². The first-order valence-corrected chi connectivity index (χ1v) is 7.01. The maximum Gasteiger partial charge on any atom is 0.319 e. The van der Waals surface area contributed by atoms with Gasteiger partial charge in [0, 0.05) is 10.6 Å². The highest BCUT2D eigenvalue weighted by Gasteiger charge is 2.30. The Morgan fingerprint density at radius 1 is 1.47 bits per heavy atom. The summed E-state index contributed by atoms with van der Waals surface area (Å²) < 4.78 is -0.828. The van der Waals surface area contributed by atoms with Gasteiger partial charge in [-0.05, 0) is 26.0 Å². The number of carboxylic acid groups (broad SMARTS) is 1. The number of para-hydroxylation sites is 1. The van der Waals surface area contributed by atoms with Crippen LogP contribution in [-0.4, -0.2) is 26.6 Å². The molecule has 1 N–H and O–H groups in total. The lowest BCUT2D eigenvalue weighted by Gasteiger charge is -2.21. The van der Waals surface area contributed by atoms with E-state index in [0.717, 1.165) is 21.4 Å². The molecule has 0 atom stereocenters. The summed E-state index contributed by atoms with van der Waals surface area (Å²) in [6, 6.07) is 7.92. The number of hydrogen-bond acceptors (Lipinski definition) is 4. The number of benzene rings is 1. The Balaban J connectivity index is 2.21. The van der Waals surface area contributed by atoms with E-state index in [4.69, 9.17) is 5.11 Å². The maximum atomic E-state index is 11.1. The fourth-order valence-electron chi connectivity index (χ4n) is 1.37. The molecular weight excluding hydrogens is 254 g/mol. The predicted octanol–water partition coefficient (Wildman–Crippen LogP) is 3.42. The second-order valence-corrected chi connectivity index (χ2v) is 6.89. The van der Waals surface area contributed by atoms with Crippen LogP contribution in [0.4, 0.5) is 5.69 Å². The molecule has 1 aliphatic heterocycles. The van der Waals surface area contributed by atoms with E-state index in [-0.39, 0.29) is 0 Å². The van der Waals surface area contributed by atoms with Crippen LogP contribution in [0, 0.1) is 0 Å². The molecule has 0 amide bonds. The normalized spacial score (nSPS) is 15.1. The molecule has 1 aromatic rings. The summed E-state index contributed by atoms with van der Waals surface area (Å²) >= 11 is 3.03. The minimum atomic E-state index is -0.828. The fraction of sp³-hybridized carbons (Fsp3) is 0.333. The van der Waals surface area contributed by atoms with Crippen molar-refractivity contribution in [3.63, 3.8) is 0 Å². The molecular formula is C12H13NO2S2. The molecule has 2 rings (SSSR count). The van der Waals surface area contributed by atoms with Crippen molar-refractivity contribution in [1.29, 1.82) is 0 Å². The van der Waals surface area contributed by atoms with Gasteiger partial charge < -0.3 is 5.11 Å². The molecule has 0 fully saturated rings. The average Bonchev–Trinajstić information content (AvgIpc) is 2.28. The molecule has 0 unspecified atom stereocenters. The van der Waals surface area contributed by atoms with Gasteiger partial charge >= 0.3 is 5.97 Å². The highest BCUT2D eigenvalue weighted by molar-refractivity contribution is 8.17. The van der Waals surface area contributed by atoms with Crippen LogP contribution < -0.4 is 0 Å². The number of fused-ring (bicyclic) bond motifs is 1. The van der Waals surface area contributed by atoms with Crippen molar-refractivity contribution < 1.29 is 9.90 Å². The molecule has 0 spiro atoms. The van der Waals surface area contributed by atoms with E-state index in [1.54, 1.807) is 25.6 Å². The van der Waals surface area contributed by atoms with Crippen LogP contribution in [0.15, 0.2) is 34.2 Å². The number of thioether (sulfide) groups is 2. The van der Waals surface area contributed by atoms with Gasteiger partial charge in [0.05, 0.1) is 10.7 Å². The molecule has 3 nitrogen and oxygen atoms in total. The van der Waals surface area contributed by atoms with Crippen molar-refractivity contribution in [2.24, 2.45) is 4.99 Å². The van der Waals surface area contributed by atoms with Crippen LogP contribution in [0.25, 0.3) is 0 Å². The number of aliphatic imine (C=N–C) groups is 1. The molecule has 0 saturated heterocycles. The fourth-order valence-corrected chi connectivity index (χ4v) is 3.38. The van der Waals surface area contributed by atoms with E-state index >= 15 is 0 Å². The number of carbonyl (C=O) groups is 1. The second-order valence-electron chi connectivity index (χ2n) is 4.18. The van der Waals surface area contributed by atoms with Gasteiger partial charge in [0.2, 0.25) is 0 Å². The number of carboxylic acids is 1. The SMILES string of the molecule is CC(C)(SC1=Nc2ccccc2SC1)C(=O)O. The van der Waals surface area contributed by atoms with E-state index in [0.29, 0.717) is 0 Å². The van der Waals surface area contributed by atoms with Gasteiger partial charge in [-0.1, -0.05) is 23.9 Å². The lowest BCUT2D eigenvalue weighted by atomic mass is 10.2. The summed E-state index contributed by atoms with van der Waals surface area (Å²) in [6.45, 7) is 3.40. The van der Waals surface area contributed by atoms with E-state index in [1.807, 2.05) is 24.3 Å². The Morgan fingerprint density at radius 3 is 2.88 bits per heavy atom. The first-order valence-electron chi connectivity index (χ1n) is 5.21. The Hall–Kier alpha value is -0.940. The highest BCUT2D eigenvalue weighted by Crippen LogP contribution is 2.38. The molecule has 0 aliphatic carbocycles. The minimum Gasteiger partial charge on any atom is -0.480 e. The van der Waals surface area contributed by atoms with Crippen molar-refractivity contribution in [2.75, 3.05) is 5.75 Å². The van der Waals surface area contributed by atoms with E-state index in [9.17, 15) is 4.79 Å². The van der Waals surface area contributed by atoms with Gasteiger partial charge in [0.25, 0.3) is 0 Å². The van der Waals surface area contributed by atoms with Gasteiger partial charge in [-0.2, -0.15) is 0 Å². The average molecular weight is 267 g/mol. The lowest BCUT2D eigenvalue weighted by molar-refractivity contribution is -0.138. The summed E-state index contributed by atoms with van der Waals surface area (Å²) in [5.41, 5.74) is 0.937. The van der Waals surface area contributed by atoms with E-state index in [2.05, 4.69) is 4.99 Å². The summed E-state index contributed by atoms with van der Waals surface area (Å²) in [7, 11) is 0. The monoisotopic (exact) mass is 267 g/mol. The molecule has 0 bridgehead atoms. The zero-order chi connectivity index (χ0) is 12.5. The van der Waals surface area contributed by atoms with Crippen molar-refractivity contribution >= 4 is 40.2 Å². The first-order chi connectivity index (χ1) is 7.99.